The van der Waals surface area contributed by atoms with Gasteiger partial charge in [-0.05, 0) is 12.8 Å². The average molecular weight is 228 g/mol. The zero-order valence-corrected chi connectivity index (χ0v) is 10.8. The van der Waals surface area contributed by atoms with Crippen LogP contribution < -0.4 is 0 Å². The maximum absolute atomic E-state index is 11.8. The van der Waals surface area contributed by atoms with Crippen LogP contribution in [0.2, 0.25) is 0 Å². The minimum absolute atomic E-state index is 0.0461. The van der Waals surface area contributed by atoms with Crippen molar-refractivity contribution in [1.29, 1.82) is 0 Å². The standard InChI is InChI=1S/C13H24O3/c1-4-6-8-9-11(13(15)16-3)12(14)10-7-5-2/h11H,4-10H2,1-3H3. The molecule has 1 atom stereocenters. The first-order valence-electron chi connectivity index (χ1n) is 6.27. The van der Waals surface area contributed by atoms with Gasteiger partial charge in [0.1, 0.15) is 11.7 Å². The number of methoxy groups -OCH3 is 1. The summed E-state index contributed by atoms with van der Waals surface area (Å²) in [7, 11) is 1.35. The molecule has 0 fully saturated rings. The topological polar surface area (TPSA) is 43.4 Å². The molecule has 0 aliphatic rings. The van der Waals surface area contributed by atoms with Crippen LogP contribution >= 0.6 is 0 Å². The van der Waals surface area contributed by atoms with Crippen molar-refractivity contribution in [2.75, 3.05) is 7.11 Å². The van der Waals surface area contributed by atoms with E-state index < -0.39 is 5.92 Å². The van der Waals surface area contributed by atoms with E-state index in [9.17, 15) is 9.59 Å². The number of hydrogen-bond acceptors (Lipinski definition) is 3. The van der Waals surface area contributed by atoms with Gasteiger partial charge in [-0.1, -0.05) is 39.5 Å². The molecule has 0 heterocycles. The van der Waals surface area contributed by atoms with Crippen LogP contribution in [0.15, 0.2) is 0 Å². The van der Waals surface area contributed by atoms with Gasteiger partial charge in [-0.2, -0.15) is 0 Å². The molecule has 0 spiro atoms. The number of carbonyl (C=O) groups excluding carboxylic acids is 2. The summed E-state index contributed by atoms with van der Waals surface area (Å²) in [5, 5.41) is 0. The van der Waals surface area contributed by atoms with Crippen molar-refractivity contribution in [3.05, 3.63) is 0 Å². The molecule has 0 bridgehead atoms. The van der Waals surface area contributed by atoms with Crippen molar-refractivity contribution in [2.45, 2.75) is 58.8 Å². The molecule has 94 valence electrons. The summed E-state index contributed by atoms with van der Waals surface area (Å²) >= 11 is 0. The zero-order valence-electron chi connectivity index (χ0n) is 10.8. The minimum Gasteiger partial charge on any atom is -0.468 e. The van der Waals surface area contributed by atoms with Crippen LogP contribution in [-0.4, -0.2) is 18.9 Å². The summed E-state index contributed by atoms with van der Waals surface area (Å²) < 4.78 is 4.68. The van der Waals surface area contributed by atoms with Crippen molar-refractivity contribution in [1.82, 2.24) is 0 Å². The molecule has 0 amide bonds. The number of esters is 1. The van der Waals surface area contributed by atoms with Gasteiger partial charge in [-0.15, -0.1) is 0 Å². The van der Waals surface area contributed by atoms with Crippen molar-refractivity contribution in [3.63, 3.8) is 0 Å². The molecule has 0 saturated heterocycles. The Morgan fingerprint density at radius 2 is 1.69 bits per heavy atom. The lowest BCUT2D eigenvalue weighted by Gasteiger charge is -2.12. The molecule has 0 radical (unpaired) electrons. The molecular formula is C13H24O3. The molecule has 0 aromatic carbocycles. The highest BCUT2D eigenvalue weighted by Crippen LogP contribution is 2.16. The van der Waals surface area contributed by atoms with E-state index in [0.29, 0.717) is 12.8 Å². The molecular weight excluding hydrogens is 204 g/mol. The highest BCUT2D eigenvalue weighted by atomic mass is 16.5. The van der Waals surface area contributed by atoms with Gasteiger partial charge in [0.05, 0.1) is 7.11 Å². The highest BCUT2D eigenvalue weighted by Gasteiger charge is 2.25. The molecule has 0 aliphatic carbocycles. The Bertz CT molecular complexity index is 211. The number of hydrogen-bond donors (Lipinski definition) is 0. The van der Waals surface area contributed by atoms with Gasteiger partial charge in [-0.25, -0.2) is 0 Å². The van der Waals surface area contributed by atoms with Crippen LogP contribution in [0.1, 0.15) is 58.8 Å². The fraction of sp³-hybridized carbons (Fsp3) is 0.846. The summed E-state index contributed by atoms with van der Waals surface area (Å²) in [6.45, 7) is 4.14. The van der Waals surface area contributed by atoms with Crippen LogP contribution in [0, 0.1) is 5.92 Å². The van der Waals surface area contributed by atoms with Gasteiger partial charge in [0.2, 0.25) is 0 Å². The van der Waals surface area contributed by atoms with Crippen molar-refractivity contribution in [3.8, 4) is 0 Å². The number of carbonyl (C=O) groups is 2. The Morgan fingerprint density at radius 1 is 1.06 bits per heavy atom. The van der Waals surface area contributed by atoms with Crippen LogP contribution in [0.5, 0.6) is 0 Å². The predicted octanol–water partition coefficient (Wildman–Crippen LogP) is 3.12. The maximum atomic E-state index is 11.8. The van der Waals surface area contributed by atoms with Gasteiger partial charge < -0.3 is 4.74 Å². The van der Waals surface area contributed by atoms with Crippen molar-refractivity contribution < 1.29 is 14.3 Å². The van der Waals surface area contributed by atoms with E-state index in [0.717, 1.165) is 32.1 Å². The van der Waals surface area contributed by atoms with Gasteiger partial charge in [0, 0.05) is 6.42 Å². The van der Waals surface area contributed by atoms with E-state index in [4.69, 9.17) is 0 Å². The van der Waals surface area contributed by atoms with Crippen LogP contribution in [-0.2, 0) is 14.3 Å². The quantitative estimate of drug-likeness (QED) is 0.346. The molecule has 0 aliphatic heterocycles. The van der Waals surface area contributed by atoms with E-state index in [1.807, 2.05) is 6.92 Å². The largest absolute Gasteiger partial charge is 0.468 e. The summed E-state index contributed by atoms with van der Waals surface area (Å²) in [4.78, 5) is 23.3. The summed E-state index contributed by atoms with van der Waals surface area (Å²) in [5.41, 5.74) is 0. The van der Waals surface area contributed by atoms with Gasteiger partial charge in [0.15, 0.2) is 0 Å². The molecule has 0 aromatic heterocycles. The predicted molar refractivity (Wildman–Crippen MR) is 64.2 cm³/mol. The van der Waals surface area contributed by atoms with Crippen molar-refractivity contribution in [2.24, 2.45) is 5.92 Å². The lowest BCUT2D eigenvalue weighted by molar-refractivity contribution is -0.149. The van der Waals surface area contributed by atoms with Crippen LogP contribution in [0.25, 0.3) is 0 Å². The van der Waals surface area contributed by atoms with E-state index in [2.05, 4.69) is 11.7 Å². The normalized spacial score (nSPS) is 12.2. The summed E-state index contributed by atoms with van der Waals surface area (Å²) in [6.07, 6.45) is 6.07. The average Bonchev–Trinajstić information content (AvgIpc) is 2.30. The second-order valence-corrected chi connectivity index (χ2v) is 4.14. The van der Waals surface area contributed by atoms with Crippen LogP contribution in [0.3, 0.4) is 0 Å². The number of Topliss-reactive ketones (excluding diaryl/α,β-unsaturated/α-hetero) is 1. The number of rotatable bonds is 9. The highest BCUT2D eigenvalue weighted by molar-refractivity contribution is 5.98. The lowest BCUT2D eigenvalue weighted by atomic mass is 9.94. The van der Waals surface area contributed by atoms with E-state index in [-0.39, 0.29) is 11.8 Å². The third kappa shape index (κ3) is 5.89. The second kappa shape index (κ2) is 9.37. The van der Waals surface area contributed by atoms with Crippen LogP contribution in [0.4, 0.5) is 0 Å². The molecule has 0 rings (SSSR count). The lowest BCUT2D eigenvalue weighted by Crippen LogP contribution is -2.25. The Labute approximate surface area is 98.6 Å². The molecule has 0 aromatic rings. The molecule has 0 N–H and O–H groups in total. The molecule has 1 unspecified atom stereocenters. The monoisotopic (exact) mass is 228 g/mol. The zero-order chi connectivity index (χ0) is 12.4. The van der Waals surface area contributed by atoms with E-state index in [1.54, 1.807) is 0 Å². The first-order valence-corrected chi connectivity index (χ1v) is 6.27. The molecule has 3 heteroatoms. The number of ether oxygens (including phenoxy) is 1. The third-order valence-corrected chi connectivity index (χ3v) is 2.75. The fourth-order valence-corrected chi connectivity index (χ4v) is 1.68. The third-order valence-electron chi connectivity index (χ3n) is 2.75. The first kappa shape index (κ1) is 15.1. The molecule has 3 nitrogen and oxygen atoms in total. The SMILES string of the molecule is CCCCCC(C(=O)CCCC)C(=O)OC. The van der Waals surface area contributed by atoms with Gasteiger partial charge in [-0.3, -0.25) is 9.59 Å². The maximum Gasteiger partial charge on any atom is 0.316 e. The van der Waals surface area contributed by atoms with Gasteiger partial charge in [0.25, 0.3) is 0 Å². The first-order chi connectivity index (χ1) is 7.67. The number of unbranched alkanes of at least 4 members (excludes halogenated alkanes) is 3. The Kier molecular flexibility index (Phi) is 8.87. The second-order valence-electron chi connectivity index (χ2n) is 4.14. The Morgan fingerprint density at radius 3 is 2.19 bits per heavy atom. The van der Waals surface area contributed by atoms with E-state index >= 15 is 0 Å². The number of ketones is 1. The minimum atomic E-state index is -0.525. The fourth-order valence-electron chi connectivity index (χ4n) is 1.68. The smallest absolute Gasteiger partial charge is 0.316 e. The summed E-state index contributed by atoms with van der Waals surface area (Å²) in [6, 6.07) is 0. The Balaban J connectivity index is 4.18. The van der Waals surface area contributed by atoms with Crippen molar-refractivity contribution >= 4 is 11.8 Å². The summed E-state index contributed by atoms with van der Waals surface area (Å²) in [5.74, 6) is -0.842. The van der Waals surface area contributed by atoms with E-state index in [1.165, 1.54) is 7.11 Å². The Hall–Kier alpha value is -0.860. The van der Waals surface area contributed by atoms with Gasteiger partial charge >= 0.3 is 5.97 Å². The molecule has 16 heavy (non-hydrogen) atoms. The molecule has 0 saturated carbocycles.